The molecule has 0 aliphatic heterocycles. The van der Waals surface area contributed by atoms with E-state index < -0.39 is 0 Å². The van der Waals surface area contributed by atoms with Gasteiger partial charge >= 0.3 is 0 Å². The van der Waals surface area contributed by atoms with E-state index in [2.05, 4.69) is 0 Å². The number of hydrogen-bond donors (Lipinski definition) is 0. The van der Waals surface area contributed by atoms with Crippen LogP contribution < -0.4 is 0 Å². The third kappa shape index (κ3) is 1.62. The fourth-order valence-corrected chi connectivity index (χ4v) is 3.12. The molecule has 2 fully saturated rings. The Morgan fingerprint density at radius 2 is 1.38 bits per heavy atom. The summed E-state index contributed by atoms with van der Waals surface area (Å²) in [5.74, 6) is 1.50. The van der Waals surface area contributed by atoms with Gasteiger partial charge in [0.1, 0.15) is 0 Å². The molecule has 0 saturated heterocycles. The van der Waals surface area contributed by atoms with Crippen LogP contribution in [0, 0.1) is 11.8 Å². The number of ether oxygens (including phenoxy) is 2. The van der Waals surface area contributed by atoms with Gasteiger partial charge in [-0.15, -0.1) is 0 Å². The molecule has 0 aromatic carbocycles. The molecule has 2 saturated carbocycles. The molecule has 0 bridgehead atoms. The molecule has 0 heterocycles. The molecule has 76 valence electrons. The van der Waals surface area contributed by atoms with Crippen LogP contribution in [0.2, 0.25) is 0 Å². The van der Waals surface area contributed by atoms with Crippen LogP contribution in [-0.2, 0) is 9.47 Å². The van der Waals surface area contributed by atoms with Crippen molar-refractivity contribution in [3.8, 4) is 0 Å². The smallest absolute Gasteiger partial charge is 0.168 e. The van der Waals surface area contributed by atoms with Gasteiger partial charge in [-0.05, 0) is 24.7 Å². The second-order valence-electron chi connectivity index (χ2n) is 4.53. The molecule has 0 spiro atoms. The lowest BCUT2D eigenvalue weighted by Gasteiger charge is -2.25. The van der Waals surface area contributed by atoms with Crippen LogP contribution >= 0.6 is 0 Å². The second kappa shape index (κ2) is 3.58. The largest absolute Gasteiger partial charge is 0.353 e. The Labute approximate surface area is 80.6 Å². The van der Waals surface area contributed by atoms with E-state index in [1.54, 1.807) is 14.2 Å². The number of rotatable bonds is 2. The normalized spacial score (nSPS) is 37.4. The third-order valence-corrected chi connectivity index (χ3v) is 3.96. The van der Waals surface area contributed by atoms with Crippen molar-refractivity contribution in [2.75, 3.05) is 14.2 Å². The lowest BCUT2D eigenvalue weighted by molar-refractivity contribution is -0.203. The van der Waals surface area contributed by atoms with E-state index in [1.807, 2.05) is 0 Å². The van der Waals surface area contributed by atoms with E-state index in [0.717, 1.165) is 24.7 Å². The minimum Gasteiger partial charge on any atom is -0.353 e. The number of methoxy groups -OCH3 is 2. The van der Waals surface area contributed by atoms with Crippen molar-refractivity contribution in [1.82, 2.24) is 0 Å². The van der Waals surface area contributed by atoms with E-state index in [1.165, 1.54) is 25.7 Å². The maximum atomic E-state index is 5.52. The van der Waals surface area contributed by atoms with Crippen LogP contribution in [0.3, 0.4) is 0 Å². The van der Waals surface area contributed by atoms with Crippen LogP contribution in [0.5, 0.6) is 0 Å². The summed E-state index contributed by atoms with van der Waals surface area (Å²) in [7, 11) is 3.56. The van der Waals surface area contributed by atoms with Crippen LogP contribution in [0.1, 0.15) is 38.5 Å². The summed E-state index contributed by atoms with van der Waals surface area (Å²) in [6.45, 7) is 0. The first-order valence-corrected chi connectivity index (χ1v) is 5.40. The van der Waals surface area contributed by atoms with Gasteiger partial charge < -0.3 is 9.47 Å². The van der Waals surface area contributed by atoms with Gasteiger partial charge in [-0.25, -0.2) is 0 Å². The lowest BCUT2D eigenvalue weighted by Crippen LogP contribution is -2.30. The second-order valence-corrected chi connectivity index (χ2v) is 4.53. The molecule has 2 unspecified atom stereocenters. The molecule has 0 radical (unpaired) electrons. The van der Waals surface area contributed by atoms with Gasteiger partial charge in [0.15, 0.2) is 5.79 Å². The first-order valence-electron chi connectivity index (χ1n) is 5.40. The Hall–Kier alpha value is -0.0800. The molecule has 2 atom stereocenters. The SMILES string of the molecule is COC1(OC)CC2CCCCC2C1. The standard InChI is InChI=1S/C11H20O2/c1-12-11(13-2)7-9-5-3-4-6-10(9)8-11/h9-10H,3-8H2,1-2H3. The highest BCUT2D eigenvalue weighted by Gasteiger charge is 2.46. The highest BCUT2D eigenvalue weighted by Crippen LogP contribution is 2.48. The number of hydrogen-bond acceptors (Lipinski definition) is 2. The molecule has 0 N–H and O–H groups in total. The average molecular weight is 184 g/mol. The van der Waals surface area contributed by atoms with Crippen LogP contribution in [0.25, 0.3) is 0 Å². The zero-order valence-electron chi connectivity index (χ0n) is 8.71. The topological polar surface area (TPSA) is 18.5 Å². The minimum absolute atomic E-state index is 0.236. The fraction of sp³-hybridized carbons (Fsp3) is 1.00. The lowest BCUT2D eigenvalue weighted by atomic mass is 9.82. The first kappa shape index (κ1) is 9.47. The Bertz CT molecular complexity index is 159. The molecule has 2 aliphatic carbocycles. The highest BCUT2D eigenvalue weighted by molar-refractivity contribution is 4.91. The molecular formula is C11H20O2. The fourth-order valence-electron chi connectivity index (χ4n) is 3.12. The van der Waals surface area contributed by atoms with Crippen molar-refractivity contribution < 1.29 is 9.47 Å². The van der Waals surface area contributed by atoms with Crippen molar-refractivity contribution in [1.29, 1.82) is 0 Å². The van der Waals surface area contributed by atoms with E-state index >= 15 is 0 Å². The Morgan fingerprint density at radius 1 is 0.923 bits per heavy atom. The summed E-state index contributed by atoms with van der Waals surface area (Å²) in [6.07, 6.45) is 7.82. The maximum Gasteiger partial charge on any atom is 0.168 e. The zero-order valence-corrected chi connectivity index (χ0v) is 8.71. The van der Waals surface area contributed by atoms with E-state index in [-0.39, 0.29) is 5.79 Å². The van der Waals surface area contributed by atoms with E-state index in [9.17, 15) is 0 Å². The van der Waals surface area contributed by atoms with Gasteiger partial charge in [0.25, 0.3) is 0 Å². The molecule has 2 nitrogen and oxygen atoms in total. The predicted molar refractivity (Wildman–Crippen MR) is 51.4 cm³/mol. The van der Waals surface area contributed by atoms with Crippen LogP contribution in [0.4, 0.5) is 0 Å². The monoisotopic (exact) mass is 184 g/mol. The summed E-state index contributed by atoms with van der Waals surface area (Å²) >= 11 is 0. The van der Waals surface area contributed by atoms with Gasteiger partial charge in [-0.3, -0.25) is 0 Å². The molecule has 2 heteroatoms. The van der Waals surface area contributed by atoms with E-state index in [4.69, 9.17) is 9.47 Å². The molecule has 0 amide bonds. The quantitative estimate of drug-likeness (QED) is 0.614. The maximum absolute atomic E-state index is 5.52. The summed E-state index contributed by atoms with van der Waals surface area (Å²) in [5.41, 5.74) is 0. The average Bonchev–Trinajstić information content (AvgIpc) is 2.57. The van der Waals surface area contributed by atoms with Gasteiger partial charge in [0.2, 0.25) is 0 Å². The molecule has 2 aliphatic rings. The number of fused-ring (bicyclic) bond motifs is 1. The van der Waals surface area contributed by atoms with Gasteiger partial charge in [0.05, 0.1) is 0 Å². The van der Waals surface area contributed by atoms with Crippen molar-refractivity contribution in [3.63, 3.8) is 0 Å². The summed E-state index contributed by atoms with van der Waals surface area (Å²) in [4.78, 5) is 0. The molecule has 13 heavy (non-hydrogen) atoms. The molecular weight excluding hydrogens is 164 g/mol. The molecule has 0 aromatic heterocycles. The highest BCUT2D eigenvalue weighted by atomic mass is 16.7. The zero-order chi connectivity index (χ0) is 9.31. The van der Waals surface area contributed by atoms with E-state index in [0.29, 0.717) is 0 Å². The summed E-state index contributed by atoms with van der Waals surface area (Å²) < 4.78 is 11.0. The van der Waals surface area contributed by atoms with Crippen LogP contribution in [-0.4, -0.2) is 20.0 Å². The third-order valence-electron chi connectivity index (χ3n) is 3.96. The van der Waals surface area contributed by atoms with Gasteiger partial charge in [0, 0.05) is 27.1 Å². The Balaban J connectivity index is 2.04. The van der Waals surface area contributed by atoms with Crippen LogP contribution in [0.15, 0.2) is 0 Å². The van der Waals surface area contributed by atoms with Gasteiger partial charge in [-0.1, -0.05) is 12.8 Å². The summed E-state index contributed by atoms with van der Waals surface area (Å²) in [6, 6.07) is 0. The van der Waals surface area contributed by atoms with Crippen molar-refractivity contribution in [3.05, 3.63) is 0 Å². The van der Waals surface area contributed by atoms with Crippen molar-refractivity contribution in [2.45, 2.75) is 44.3 Å². The van der Waals surface area contributed by atoms with Crippen molar-refractivity contribution >= 4 is 0 Å². The Kier molecular flexibility index (Phi) is 2.61. The van der Waals surface area contributed by atoms with Crippen molar-refractivity contribution in [2.24, 2.45) is 11.8 Å². The molecule has 2 rings (SSSR count). The molecule has 0 aromatic rings. The minimum atomic E-state index is -0.236. The van der Waals surface area contributed by atoms with Gasteiger partial charge in [-0.2, -0.15) is 0 Å². The Morgan fingerprint density at radius 3 is 1.77 bits per heavy atom. The summed E-state index contributed by atoms with van der Waals surface area (Å²) in [5, 5.41) is 0. The predicted octanol–water partition coefficient (Wildman–Crippen LogP) is 2.58. The first-order chi connectivity index (χ1) is 6.29.